The van der Waals surface area contributed by atoms with Crippen molar-refractivity contribution in [2.45, 2.75) is 94.1 Å². The highest BCUT2D eigenvalue weighted by atomic mass is 19.4. The Hall–Kier alpha value is -3.48. The minimum Gasteiger partial charge on any atom is -0.490 e. The highest BCUT2D eigenvalue weighted by molar-refractivity contribution is 5.57. The van der Waals surface area contributed by atoms with E-state index in [4.69, 9.17) is 4.74 Å². The van der Waals surface area contributed by atoms with Crippen molar-refractivity contribution in [2.75, 3.05) is 26.4 Å². The summed E-state index contributed by atoms with van der Waals surface area (Å²) in [6.07, 6.45) is -30.0. The topological polar surface area (TPSA) is 71.9 Å². The molecule has 0 radical (unpaired) electrons. The summed E-state index contributed by atoms with van der Waals surface area (Å²) in [6.45, 7) is -3.21. The van der Waals surface area contributed by atoms with Crippen LogP contribution in [0.4, 0.5) is 79.0 Å². The summed E-state index contributed by atoms with van der Waals surface area (Å²) in [5.74, 6) is -20.2. The van der Waals surface area contributed by atoms with E-state index in [0.29, 0.717) is 6.61 Å². The largest absolute Gasteiger partial charge is 0.490 e. The maximum absolute atomic E-state index is 14.7. The number of alkyl halides is 16. The fourth-order valence-electron chi connectivity index (χ4n) is 3.87. The Balaban J connectivity index is 1.92. The summed E-state index contributed by atoms with van der Waals surface area (Å²) in [5.41, 5.74) is -0.492. The Morgan fingerprint density at radius 2 is 1.19 bits per heavy atom. The van der Waals surface area contributed by atoms with Crippen molar-refractivity contribution >= 4 is 0 Å². The number of benzene rings is 1. The van der Waals surface area contributed by atoms with Gasteiger partial charge in [0.15, 0.2) is 29.3 Å². The molecular weight excluding hydrogens is 798 g/mol. The average Bonchev–Trinajstić information content (AvgIpc) is 3.03. The molecule has 0 bridgehead atoms. The lowest BCUT2D eigenvalue weighted by atomic mass is 10.1. The Morgan fingerprint density at radius 3 is 1.76 bits per heavy atom. The Morgan fingerprint density at radius 1 is 0.630 bits per heavy atom. The van der Waals surface area contributed by atoms with Gasteiger partial charge in [0.1, 0.15) is 13.2 Å². The molecule has 0 unspecified atom stereocenters. The SMILES string of the molecule is CCCCCCCCOc1cnc(-c2ccc(OC[C@@H](F)COCC(F)(F)OC(F)(F)C(F)(F)OC(F)(F)C(F)(F)C(F)(F)C(F)(F)F)c(F)c2F)nc1. The van der Waals surface area contributed by atoms with Crippen LogP contribution >= 0.6 is 0 Å². The van der Waals surface area contributed by atoms with E-state index in [1.807, 2.05) is 0 Å². The fraction of sp³-hybridized carbons (Fsp3) is 0.655. The molecule has 0 N–H and O–H groups in total. The van der Waals surface area contributed by atoms with E-state index in [9.17, 15) is 79.0 Å². The molecule has 1 atom stereocenters. The van der Waals surface area contributed by atoms with Gasteiger partial charge in [-0.3, -0.25) is 0 Å². The van der Waals surface area contributed by atoms with E-state index < -0.39 is 91.4 Å². The van der Waals surface area contributed by atoms with Gasteiger partial charge < -0.3 is 14.2 Å². The van der Waals surface area contributed by atoms with Crippen molar-refractivity contribution in [2.24, 2.45) is 0 Å². The molecule has 54 heavy (non-hydrogen) atoms. The van der Waals surface area contributed by atoms with Gasteiger partial charge in [0.25, 0.3) is 0 Å². The lowest BCUT2D eigenvalue weighted by Crippen LogP contribution is -2.64. The highest BCUT2D eigenvalue weighted by Crippen LogP contribution is 2.56. The number of ether oxygens (including phenoxy) is 5. The molecule has 0 aliphatic heterocycles. The minimum atomic E-state index is -8.01. The van der Waals surface area contributed by atoms with Gasteiger partial charge >= 0.3 is 42.5 Å². The molecule has 1 aromatic carbocycles. The minimum absolute atomic E-state index is 0.236. The Kier molecular flexibility index (Phi) is 15.5. The maximum Gasteiger partial charge on any atom is 0.460 e. The number of unbranched alkanes of at least 4 members (excludes halogenated alkanes) is 5. The quantitative estimate of drug-likeness (QED) is 0.0816. The Bertz CT molecular complexity index is 1480. The van der Waals surface area contributed by atoms with E-state index >= 15 is 0 Å². The molecule has 310 valence electrons. The first-order valence-electron chi connectivity index (χ1n) is 15.1. The monoisotopic (exact) mass is 826 g/mol. The van der Waals surface area contributed by atoms with Crippen LogP contribution in [0.5, 0.6) is 11.5 Å². The number of hydrogen-bond donors (Lipinski definition) is 0. The van der Waals surface area contributed by atoms with Gasteiger partial charge in [-0.25, -0.2) is 28.2 Å². The van der Waals surface area contributed by atoms with Gasteiger partial charge in [-0.05, 0) is 18.6 Å². The highest BCUT2D eigenvalue weighted by Gasteiger charge is 2.85. The molecule has 0 fully saturated rings. The molecule has 2 rings (SSSR count). The van der Waals surface area contributed by atoms with Crippen LogP contribution < -0.4 is 9.47 Å². The zero-order valence-corrected chi connectivity index (χ0v) is 27.2. The van der Waals surface area contributed by atoms with Crippen LogP contribution in [0.1, 0.15) is 45.4 Å². The summed E-state index contributed by atoms with van der Waals surface area (Å²) >= 11 is 0. The van der Waals surface area contributed by atoms with Crippen LogP contribution in [-0.2, 0) is 14.2 Å². The normalized spacial score (nSPS) is 14.4. The summed E-state index contributed by atoms with van der Waals surface area (Å²) < 4.78 is 257. The first-order valence-corrected chi connectivity index (χ1v) is 15.1. The molecule has 25 heteroatoms. The zero-order chi connectivity index (χ0) is 41.4. The van der Waals surface area contributed by atoms with Gasteiger partial charge in [0.05, 0.1) is 31.2 Å². The van der Waals surface area contributed by atoms with Crippen molar-refractivity contribution in [1.82, 2.24) is 9.97 Å². The smallest absolute Gasteiger partial charge is 0.460 e. The molecule has 7 nitrogen and oxygen atoms in total. The van der Waals surface area contributed by atoms with Crippen molar-refractivity contribution in [1.29, 1.82) is 0 Å². The van der Waals surface area contributed by atoms with Crippen LogP contribution in [0.15, 0.2) is 24.5 Å². The number of aromatic nitrogens is 2. The molecule has 1 heterocycles. The number of nitrogens with zero attached hydrogens (tertiary/aromatic N) is 2. The molecule has 2 aromatic rings. The fourth-order valence-corrected chi connectivity index (χ4v) is 3.87. The number of halogens is 18. The van der Waals surface area contributed by atoms with Crippen LogP contribution in [0.2, 0.25) is 0 Å². The predicted molar refractivity (Wildman–Crippen MR) is 145 cm³/mol. The average molecular weight is 827 g/mol. The number of rotatable bonds is 23. The van der Waals surface area contributed by atoms with Gasteiger partial charge in [-0.15, -0.1) is 0 Å². The molecule has 0 spiro atoms. The first-order chi connectivity index (χ1) is 24.6. The molecule has 0 amide bonds. The lowest BCUT2D eigenvalue weighted by molar-refractivity contribution is -0.543. The number of hydrogen-bond acceptors (Lipinski definition) is 7. The first kappa shape index (κ1) is 46.7. The molecule has 1 aromatic heterocycles. The predicted octanol–water partition coefficient (Wildman–Crippen LogP) is 10.1. The van der Waals surface area contributed by atoms with Crippen LogP contribution in [0.3, 0.4) is 0 Å². The standard InChI is InChI=1S/C29H28F18N2O5/c1-2-3-4-5-6-7-10-51-17-11-48-22(49-12-17)18-8-9-19(21(32)20(18)31)52-14-16(30)13-50-15-23(33,34)53-28(44,45)29(46,47)54-27(42,43)25(37,38)24(35,36)26(39,40)41/h8-9,11-12,16H,2-7,10,13-15H2,1H3/t16-/m0/s1. The molecule has 0 aliphatic carbocycles. The van der Waals surface area contributed by atoms with E-state index in [0.717, 1.165) is 50.7 Å². The maximum atomic E-state index is 14.7. The van der Waals surface area contributed by atoms with Crippen molar-refractivity contribution in [3.8, 4) is 22.9 Å². The van der Waals surface area contributed by atoms with E-state index in [1.165, 1.54) is 17.1 Å². The second-order valence-electron chi connectivity index (χ2n) is 11.1. The summed E-state index contributed by atoms with van der Waals surface area (Å²) in [6, 6.07) is 1.67. The third-order valence-corrected chi connectivity index (χ3v) is 6.66. The third-order valence-electron chi connectivity index (χ3n) is 6.66. The second-order valence-corrected chi connectivity index (χ2v) is 11.1. The van der Waals surface area contributed by atoms with Crippen LogP contribution in [0.25, 0.3) is 11.4 Å². The Labute approximate surface area is 292 Å². The van der Waals surface area contributed by atoms with E-state index in [2.05, 4.69) is 31.1 Å². The van der Waals surface area contributed by atoms with E-state index in [-0.39, 0.29) is 11.6 Å². The second kappa shape index (κ2) is 18.0. The molecule has 0 saturated heterocycles. The van der Waals surface area contributed by atoms with Gasteiger partial charge in [-0.1, -0.05) is 39.0 Å². The van der Waals surface area contributed by atoms with Crippen LogP contribution in [-0.4, -0.2) is 85.0 Å². The van der Waals surface area contributed by atoms with Gasteiger partial charge in [0.2, 0.25) is 5.82 Å². The molecule has 0 aliphatic rings. The third kappa shape index (κ3) is 11.8. The van der Waals surface area contributed by atoms with Gasteiger partial charge in [0, 0.05) is 0 Å². The summed E-state index contributed by atoms with van der Waals surface area (Å²) in [4.78, 5) is 7.74. The summed E-state index contributed by atoms with van der Waals surface area (Å²) in [7, 11) is 0. The van der Waals surface area contributed by atoms with Gasteiger partial charge in [-0.2, -0.15) is 70.2 Å². The molecule has 0 saturated carbocycles. The van der Waals surface area contributed by atoms with Crippen molar-refractivity contribution in [3.63, 3.8) is 0 Å². The summed E-state index contributed by atoms with van der Waals surface area (Å²) in [5, 5.41) is 0. The van der Waals surface area contributed by atoms with Crippen molar-refractivity contribution < 1.29 is 103 Å². The van der Waals surface area contributed by atoms with Crippen LogP contribution in [0, 0.1) is 11.6 Å². The van der Waals surface area contributed by atoms with E-state index in [1.54, 1.807) is 0 Å². The zero-order valence-electron chi connectivity index (χ0n) is 27.2. The lowest BCUT2D eigenvalue weighted by Gasteiger charge is -2.36. The van der Waals surface area contributed by atoms with Crippen molar-refractivity contribution in [3.05, 3.63) is 36.2 Å². The molecular formula is C29H28F18N2O5.